The molecule has 1 aromatic rings. The Morgan fingerprint density at radius 1 is 1.53 bits per heavy atom. The molecule has 0 saturated heterocycles. The number of halogens is 1. The molecule has 0 aliphatic heterocycles. The summed E-state index contributed by atoms with van der Waals surface area (Å²) in [5.41, 5.74) is 0. The molecule has 1 aliphatic carbocycles. The highest BCUT2D eigenvalue weighted by atomic mass is 35.5. The third-order valence-corrected chi connectivity index (χ3v) is 3.20. The molecule has 0 bridgehead atoms. The lowest BCUT2D eigenvalue weighted by Crippen LogP contribution is -2.11. The maximum absolute atomic E-state index is 5.88. The van der Waals surface area contributed by atoms with E-state index in [1.165, 1.54) is 24.6 Å². The van der Waals surface area contributed by atoms with Crippen LogP contribution in [0.3, 0.4) is 0 Å². The van der Waals surface area contributed by atoms with Gasteiger partial charge in [0.25, 0.3) is 0 Å². The Hall–Kier alpha value is -0.520. The van der Waals surface area contributed by atoms with Crippen molar-refractivity contribution in [3.63, 3.8) is 0 Å². The first-order chi connectivity index (χ1) is 8.28. The van der Waals surface area contributed by atoms with Crippen LogP contribution < -0.4 is 5.32 Å². The monoisotopic (exact) mass is 273 g/mol. The quantitative estimate of drug-likeness (QED) is 0.358. The van der Waals surface area contributed by atoms with Crippen molar-refractivity contribution >= 4 is 29.2 Å². The van der Waals surface area contributed by atoms with Gasteiger partial charge < -0.3 is 10.1 Å². The average molecular weight is 274 g/mol. The Kier molecular flexibility index (Phi) is 4.88. The van der Waals surface area contributed by atoms with Crippen LogP contribution in [-0.2, 0) is 4.74 Å². The lowest BCUT2D eigenvalue weighted by molar-refractivity contribution is 0.134. The molecule has 6 heteroatoms. The predicted molar refractivity (Wildman–Crippen MR) is 70.9 cm³/mol. The van der Waals surface area contributed by atoms with Crippen LogP contribution in [-0.4, -0.2) is 36.0 Å². The topological polar surface area (TPSA) is 47.0 Å². The van der Waals surface area contributed by atoms with Crippen LogP contribution in [0.1, 0.15) is 12.8 Å². The number of anilines is 1. The number of nitrogens with one attached hydrogen (secondary N) is 1. The first-order valence-electron chi connectivity index (χ1n) is 5.68. The van der Waals surface area contributed by atoms with Crippen molar-refractivity contribution in [3.8, 4) is 0 Å². The molecule has 0 unspecified atom stereocenters. The molecule has 0 aromatic carbocycles. The molecule has 2 rings (SSSR count). The van der Waals surface area contributed by atoms with Crippen molar-refractivity contribution in [2.75, 3.05) is 31.3 Å². The Morgan fingerprint density at radius 2 is 2.35 bits per heavy atom. The minimum Gasteiger partial charge on any atom is -0.379 e. The predicted octanol–water partition coefficient (Wildman–Crippen LogP) is 2.69. The van der Waals surface area contributed by atoms with Gasteiger partial charge >= 0.3 is 0 Å². The summed E-state index contributed by atoms with van der Waals surface area (Å²) >= 11 is 7.36. The minimum absolute atomic E-state index is 0.464. The molecule has 4 nitrogen and oxygen atoms in total. The summed E-state index contributed by atoms with van der Waals surface area (Å²) in [6.45, 7) is 2.34. The molecule has 1 heterocycles. The molecule has 17 heavy (non-hydrogen) atoms. The number of hydrogen-bond acceptors (Lipinski definition) is 5. The molecule has 94 valence electrons. The van der Waals surface area contributed by atoms with Crippen molar-refractivity contribution in [2.24, 2.45) is 5.92 Å². The summed E-state index contributed by atoms with van der Waals surface area (Å²) < 4.78 is 5.52. The fourth-order valence-electron chi connectivity index (χ4n) is 1.36. The molecule has 1 saturated carbocycles. The fourth-order valence-corrected chi connectivity index (χ4v) is 1.98. The van der Waals surface area contributed by atoms with Gasteiger partial charge in [0.2, 0.25) is 0 Å². The zero-order chi connectivity index (χ0) is 12.1. The fraction of sp³-hybridized carbons (Fsp3) is 0.636. The van der Waals surface area contributed by atoms with E-state index in [-0.39, 0.29) is 0 Å². The van der Waals surface area contributed by atoms with Gasteiger partial charge in [-0.3, -0.25) is 0 Å². The van der Waals surface area contributed by atoms with Gasteiger partial charge in [-0.1, -0.05) is 23.4 Å². The number of rotatable bonds is 7. The molecule has 0 spiro atoms. The van der Waals surface area contributed by atoms with E-state index in [9.17, 15) is 0 Å². The number of nitrogens with zero attached hydrogens (tertiary/aromatic N) is 2. The molecule has 0 atom stereocenters. The summed E-state index contributed by atoms with van der Waals surface area (Å²) in [4.78, 5) is 8.37. The van der Waals surface area contributed by atoms with E-state index >= 15 is 0 Å². The van der Waals surface area contributed by atoms with E-state index in [1.54, 1.807) is 6.07 Å². The van der Waals surface area contributed by atoms with E-state index in [4.69, 9.17) is 16.3 Å². The molecule has 1 N–H and O–H groups in total. The summed E-state index contributed by atoms with van der Waals surface area (Å²) in [5.74, 6) is 1.57. The standard InChI is InChI=1S/C11H16ClN3OS/c1-17-11-14-9(12)6-10(15-11)13-4-5-16-7-8-2-3-8/h6,8H,2-5,7H2,1H3,(H,13,14,15). The van der Waals surface area contributed by atoms with Crippen molar-refractivity contribution in [1.82, 2.24) is 9.97 Å². The average Bonchev–Trinajstić information content (AvgIpc) is 3.12. The van der Waals surface area contributed by atoms with E-state index in [1.807, 2.05) is 6.26 Å². The molecule has 1 aromatic heterocycles. The van der Waals surface area contributed by atoms with Crippen molar-refractivity contribution in [1.29, 1.82) is 0 Å². The van der Waals surface area contributed by atoms with Crippen molar-refractivity contribution in [3.05, 3.63) is 11.2 Å². The molecular weight excluding hydrogens is 258 g/mol. The lowest BCUT2D eigenvalue weighted by Gasteiger charge is -2.07. The van der Waals surface area contributed by atoms with Gasteiger partial charge in [-0.15, -0.1) is 0 Å². The Bertz CT molecular complexity index is 374. The molecule has 0 amide bonds. The van der Waals surface area contributed by atoms with Crippen molar-refractivity contribution < 1.29 is 4.74 Å². The second kappa shape index (κ2) is 6.42. The lowest BCUT2D eigenvalue weighted by atomic mass is 10.5. The molecule has 1 aliphatic rings. The van der Waals surface area contributed by atoms with E-state index in [0.29, 0.717) is 16.9 Å². The van der Waals surface area contributed by atoms with Gasteiger partial charge in [-0.2, -0.15) is 0 Å². The normalized spacial score (nSPS) is 14.9. The van der Waals surface area contributed by atoms with E-state index < -0.39 is 0 Å². The van der Waals surface area contributed by atoms with Gasteiger partial charge in [0, 0.05) is 19.2 Å². The van der Waals surface area contributed by atoms with Crippen LogP contribution in [0.15, 0.2) is 11.2 Å². The maximum Gasteiger partial charge on any atom is 0.190 e. The van der Waals surface area contributed by atoms with Crippen LogP contribution in [0.5, 0.6) is 0 Å². The zero-order valence-electron chi connectivity index (χ0n) is 9.78. The van der Waals surface area contributed by atoms with Gasteiger partial charge in [0.15, 0.2) is 5.16 Å². The summed E-state index contributed by atoms with van der Waals surface area (Å²) in [5, 5.41) is 4.32. The number of ether oxygens (including phenoxy) is 1. The van der Waals surface area contributed by atoms with Gasteiger partial charge in [-0.25, -0.2) is 9.97 Å². The molecule has 0 radical (unpaired) electrons. The largest absolute Gasteiger partial charge is 0.379 e. The van der Waals surface area contributed by atoms with Crippen LogP contribution >= 0.6 is 23.4 Å². The second-order valence-corrected chi connectivity index (χ2v) is 5.17. The highest BCUT2D eigenvalue weighted by Gasteiger charge is 2.20. The number of aromatic nitrogens is 2. The number of hydrogen-bond donors (Lipinski definition) is 1. The third-order valence-electron chi connectivity index (χ3n) is 2.46. The Morgan fingerprint density at radius 3 is 3.06 bits per heavy atom. The second-order valence-electron chi connectivity index (χ2n) is 4.01. The van der Waals surface area contributed by atoms with E-state index in [0.717, 1.165) is 24.9 Å². The van der Waals surface area contributed by atoms with Crippen LogP contribution in [0, 0.1) is 5.92 Å². The van der Waals surface area contributed by atoms with E-state index in [2.05, 4.69) is 15.3 Å². The smallest absolute Gasteiger partial charge is 0.190 e. The summed E-state index contributed by atoms with van der Waals surface area (Å²) in [6, 6.07) is 1.72. The van der Waals surface area contributed by atoms with Gasteiger partial charge in [-0.05, 0) is 25.0 Å². The van der Waals surface area contributed by atoms with Crippen molar-refractivity contribution in [2.45, 2.75) is 18.0 Å². The maximum atomic E-state index is 5.88. The Balaban J connectivity index is 1.71. The SMILES string of the molecule is CSc1nc(Cl)cc(NCCOCC2CC2)n1. The molecule has 1 fully saturated rings. The highest BCUT2D eigenvalue weighted by molar-refractivity contribution is 7.98. The highest BCUT2D eigenvalue weighted by Crippen LogP contribution is 2.28. The Labute approximate surface area is 111 Å². The van der Waals surface area contributed by atoms with Gasteiger partial charge in [0.05, 0.1) is 6.61 Å². The molecular formula is C11H16ClN3OS. The first kappa shape index (κ1) is 12.9. The van der Waals surface area contributed by atoms with Crippen LogP contribution in [0.4, 0.5) is 5.82 Å². The number of thioether (sulfide) groups is 1. The minimum atomic E-state index is 0.464. The summed E-state index contributed by atoms with van der Waals surface area (Å²) in [7, 11) is 0. The summed E-state index contributed by atoms with van der Waals surface area (Å²) in [6.07, 6.45) is 4.58. The first-order valence-corrected chi connectivity index (χ1v) is 7.28. The van der Waals surface area contributed by atoms with Gasteiger partial charge in [0.1, 0.15) is 11.0 Å². The van der Waals surface area contributed by atoms with Crippen LogP contribution in [0.2, 0.25) is 5.15 Å². The zero-order valence-corrected chi connectivity index (χ0v) is 11.4. The van der Waals surface area contributed by atoms with Crippen LogP contribution in [0.25, 0.3) is 0 Å². The third kappa shape index (κ3) is 4.69.